The summed E-state index contributed by atoms with van der Waals surface area (Å²) >= 11 is 0. The Bertz CT molecular complexity index is 817. The molecule has 0 unspecified atom stereocenters. The normalized spacial score (nSPS) is 14.8. The fourth-order valence-corrected chi connectivity index (χ4v) is 4.34. The number of nitrogens with one attached hydrogen (secondary N) is 1. The van der Waals surface area contributed by atoms with Gasteiger partial charge in [-0.3, -0.25) is 5.10 Å². The van der Waals surface area contributed by atoms with E-state index in [2.05, 4.69) is 10.2 Å². The first kappa shape index (κ1) is 14.8. The number of aromatic nitrogens is 2. The van der Waals surface area contributed by atoms with Crippen molar-refractivity contribution in [2.75, 3.05) is 18.0 Å². The number of H-pyrrole nitrogens is 1. The van der Waals surface area contributed by atoms with Gasteiger partial charge in [0.25, 0.3) is 10.0 Å². The lowest BCUT2D eigenvalue weighted by atomic mass is 10.1. The van der Waals surface area contributed by atoms with Crippen molar-refractivity contribution in [3.8, 4) is 5.75 Å². The maximum atomic E-state index is 13.8. The van der Waals surface area contributed by atoms with E-state index in [1.165, 1.54) is 23.5 Å². The first-order valence-electron chi connectivity index (χ1n) is 6.86. The number of ether oxygens (including phenoxy) is 1. The minimum atomic E-state index is -3.94. The molecule has 1 aromatic heterocycles. The third-order valence-electron chi connectivity index (χ3n) is 3.78. The molecule has 0 aliphatic carbocycles. The second-order valence-corrected chi connectivity index (χ2v) is 6.93. The minimum absolute atomic E-state index is 0.191. The van der Waals surface area contributed by atoms with Crippen LogP contribution in [-0.2, 0) is 16.4 Å². The highest BCUT2D eigenvalue weighted by Gasteiger charge is 2.34. The summed E-state index contributed by atoms with van der Waals surface area (Å²) < 4.78 is 45.8. The summed E-state index contributed by atoms with van der Waals surface area (Å²) in [5.41, 5.74) is 1.73. The number of benzene rings is 1. The van der Waals surface area contributed by atoms with E-state index in [-0.39, 0.29) is 10.6 Å². The van der Waals surface area contributed by atoms with Crippen LogP contribution in [0.15, 0.2) is 23.1 Å². The maximum Gasteiger partial charge on any atom is 0.269 e. The average Bonchev–Trinajstić information content (AvgIpc) is 2.88. The molecule has 0 spiro atoms. The van der Waals surface area contributed by atoms with Crippen LogP contribution in [0.4, 0.5) is 10.2 Å². The molecular formula is C14H16FN3O3S. The number of hydrogen-bond acceptors (Lipinski definition) is 4. The van der Waals surface area contributed by atoms with E-state index >= 15 is 0 Å². The Labute approximate surface area is 128 Å². The standard InChI is InChI=1S/C14H16FN3O3S/c1-9-10-5-4-8-18(14(10)17-16-9)22(19,20)12-7-3-6-11(15)13(12)21-2/h3,6-7H,4-5,8H2,1-2H3,(H,16,17). The highest BCUT2D eigenvalue weighted by molar-refractivity contribution is 7.93. The Morgan fingerprint density at radius 1 is 1.41 bits per heavy atom. The molecule has 3 rings (SSSR count). The van der Waals surface area contributed by atoms with E-state index in [9.17, 15) is 12.8 Å². The lowest BCUT2D eigenvalue weighted by molar-refractivity contribution is 0.374. The number of sulfonamides is 1. The van der Waals surface area contributed by atoms with Crippen molar-refractivity contribution >= 4 is 15.8 Å². The Morgan fingerprint density at radius 3 is 2.91 bits per heavy atom. The van der Waals surface area contributed by atoms with Gasteiger partial charge in [-0.2, -0.15) is 5.10 Å². The fourth-order valence-electron chi connectivity index (χ4n) is 2.69. The minimum Gasteiger partial charge on any atom is -0.492 e. The van der Waals surface area contributed by atoms with Gasteiger partial charge in [0.15, 0.2) is 17.4 Å². The number of aryl methyl sites for hydroxylation is 1. The van der Waals surface area contributed by atoms with Crippen molar-refractivity contribution in [2.45, 2.75) is 24.7 Å². The van der Waals surface area contributed by atoms with Gasteiger partial charge in [-0.15, -0.1) is 0 Å². The summed E-state index contributed by atoms with van der Waals surface area (Å²) in [6.07, 6.45) is 1.45. The van der Waals surface area contributed by atoms with Crippen molar-refractivity contribution in [1.29, 1.82) is 0 Å². The van der Waals surface area contributed by atoms with Gasteiger partial charge in [0.1, 0.15) is 4.90 Å². The number of hydrogen-bond donors (Lipinski definition) is 1. The van der Waals surface area contributed by atoms with Gasteiger partial charge in [-0.25, -0.2) is 17.1 Å². The van der Waals surface area contributed by atoms with Gasteiger partial charge in [0, 0.05) is 17.8 Å². The van der Waals surface area contributed by atoms with E-state index in [0.717, 1.165) is 23.7 Å². The fraction of sp³-hybridized carbons (Fsp3) is 0.357. The molecule has 6 nitrogen and oxygen atoms in total. The van der Waals surface area contributed by atoms with E-state index in [1.54, 1.807) is 0 Å². The van der Waals surface area contributed by atoms with Gasteiger partial charge < -0.3 is 4.74 Å². The second-order valence-electron chi connectivity index (χ2n) is 5.10. The quantitative estimate of drug-likeness (QED) is 0.936. The molecule has 2 aromatic rings. The molecule has 0 fully saturated rings. The number of rotatable bonds is 3. The predicted octanol–water partition coefficient (Wildman–Crippen LogP) is 2.01. The van der Waals surface area contributed by atoms with Crippen LogP contribution >= 0.6 is 0 Å². The summed E-state index contributed by atoms with van der Waals surface area (Å²) in [5.74, 6) is -0.601. The van der Waals surface area contributed by atoms with Crippen LogP contribution in [0.3, 0.4) is 0 Å². The van der Waals surface area contributed by atoms with Crippen LogP contribution in [0.2, 0.25) is 0 Å². The molecule has 8 heteroatoms. The summed E-state index contributed by atoms with van der Waals surface area (Å²) in [6.45, 7) is 2.16. The Kier molecular flexibility index (Phi) is 3.56. The third kappa shape index (κ3) is 2.14. The highest BCUT2D eigenvalue weighted by atomic mass is 32.2. The summed E-state index contributed by atoms with van der Waals surface area (Å²) in [4.78, 5) is -0.191. The second kappa shape index (κ2) is 5.28. The molecule has 1 aliphatic rings. The molecule has 1 aromatic carbocycles. The largest absolute Gasteiger partial charge is 0.492 e. The maximum absolute atomic E-state index is 13.8. The number of halogens is 1. The zero-order valence-electron chi connectivity index (χ0n) is 12.3. The van der Waals surface area contributed by atoms with E-state index < -0.39 is 15.8 Å². The van der Waals surface area contributed by atoms with Crippen LogP contribution in [0.25, 0.3) is 0 Å². The van der Waals surface area contributed by atoms with Crippen LogP contribution in [0.1, 0.15) is 17.7 Å². The summed E-state index contributed by atoms with van der Waals surface area (Å²) in [7, 11) is -2.69. The van der Waals surface area contributed by atoms with Crippen molar-refractivity contribution < 1.29 is 17.5 Å². The number of nitrogens with zero attached hydrogens (tertiary/aromatic N) is 2. The first-order chi connectivity index (χ1) is 10.5. The number of anilines is 1. The number of para-hydroxylation sites is 1. The molecule has 22 heavy (non-hydrogen) atoms. The SMILES string of the molecule is COc1c(F)cccc1S(=O)(=O)N1CCCc2c1n[nH]c2C. The molecule has 0 bridgehead atoms. The van der Waals surface area contributed by atoms with Gasteiger partial charge in [0.05, 0.1) is 7.11 Å². The molecule has 2 heterocycles. The van der Waals surface area contributed by atoms with Crippen molar-refractivity contribution in [3.05, 3.63) is 35.3 Å². The molecule has 0 amide bonds. The van der Waals surface area contributed by atoms with Crippen molar-refractivity contribution in [3.63, 3.8) is 0 Å². The van der Waals surface area contributed by atoms with Gasteiger partial charge in [0.2, 0.25) is 0 Å². The van der Waals surface area contributed by atoms with Crippen LogP contribution in [-0.4, -0.2) is 32.3 Å². The smallest absolute Gasteiger partial charge is 0.269 e. The highest BCUT2D eigenvalue weighted by Crippen LogP contribution is 2.35. The van der Waals surface area contributed by atoms with E-state index in [0.29, 0.717) is 18.8 Å². The Balaban J connectivity index is 2.14. The monoisotopic (exact) mass is 325 g/mol. The Morgan fingerprint density at radius 2 is 2.18 bits per heavy atom. The number of fused-ring (bicyclic) bond motifs is 1. The van der Waals surface area contributed by atoms with Gasteiger partial charge in [-0.05, 0) is 31.9 Å². The first-order valence-corrected chi connectivity index (χ1v) is 8.30. The van der Waals surface area contributed by atoms with Gasteiger partial charge in [-0.1, -0.05) is 6.07 Å². The number of methoxy groups -OCH3 is 1. The summed E-state index contributed by atoms with van der Waals surface area (Å²) in [6, 6.07) is 3.86. The Hall–Kier alpha value is -2.09. The topological polar surface area (TPSA) is 75.3 Å². The molecule has 0 radical (unpaired) electrons. The van der Waals surface area contributed by atoms with Crippen molar-refractivity contribution in [1.82, 2.24) is 10.2 Å². The van der Waals surface area contributed by atoms with Crippen LogP contribution in [0.5, 0.6) is 5.75 Å². The van der Waals surface area contributed by atoms with Crippen LogP contribution < -0.4 is 9.04 Å². The molecule has 0 saturated heterocycles. The molecule has 0 saturated carbocycles. The number of aromatic amines is 1. The molecule has 118 valence electrons. The van der Waals surface area contributed by atoms with E-state index in [1.807, 2.05) is 6.92 Å². The van der Waals surface area contributed by atoms with E-state index in [4.69, 9.17) is 4.74 Å². The molecule has 0 atom stereocenters. The lowest BCUT2D eigenvalue weighted by Gasteiger charge is -2.27. The third-order valence-corrected chi connectivity index (χ3v) is 5.59. The van der Waals surface area contributed by atoms with Crippen LogP contribution in [0, 0.1) is 12.7 Å². The molecule has 1 aliphatic heterocycles. The average molecular weight is 325 g/mol. The van der Waals surface area contributed by atoms with Gasteiger partial charge >= 0.3 is 0 Å². The zero-order valence-corrected chi connectivity index (χ0v) is 13.1. The molecular weight excluding hydrogens is 309 g/mol. The lowest BCUT2D eigenvalue weighted by Crippen LogP contribution is -2.36. The van der Waals surface area contributed by atoms with Crippen molar-refractivity contribution in [2.24, 2.45) is 0 Å². The zero-order chi connectivity index (χ0) is 15.9. The summed E-state index contributed by atoms with van der Waals surface area (Å²) in [5, 5.41) is 6.91. The molecule has 1 N–H and O–H groups in total. The predicted molar refractivity (Wildman–Crippen MR) is 79.1 cm³/mol.